The number of nitriles is 2. The molecule has 27 heavy (non-hydrogen) atoms. The molecule has 7 heteroatoms. The summed E-state index contributed by atoms with van der Waals surface area (Å²) in [6.07, 6.45) is 1.68. The van der Waals surface area contributed by atoms with E-state index in [9.17, 15) is 15.3 Å². The van der Waals surface area contributed by atoms with E-state index in [0.29, 0.717) is 16.3 Å². The Balaban J connectivity index is 2.48. The lowest BCUT2D eigenvalue weighted by molar-refractivity contribution is -0.119. The minimum Gasteiger partial charge on any atom is -0.325 e. The van der Waals surface area contributed by atoms with Gasteiger partial charge in [0.05, 0.1) is 17.2 Å². The zero-order valence-corrected chi connectivity index (χ0v) is 16.1. The van der Waals surface area contributed by atoms with Crippen LogP contribution in [0.1, 0.15) is 11.5 Å². The standard InChI is InChI=1S/C20H17ClN4OS/c1-27-19(24)15(11-22)18(14-9-5-6-10-17(14)21)16(12-23)20(26)25-13-7-3-2-4-8-13/h2-10,15-16,18,24H,1H3,(H,25,26)/t15?,16-,18-/m0/s1. The zero-order chi connectivity index (χ0) is 19.8. The van der Waals surface area contributed by atoms with Crippen molar-refractivity contribution in [1.82, 2.24) is 0 Å². The van der Waals surface area contributed by atoms with E-state index in [2.05, 4.69) is 11.4 Å². The molecule has 0 saturated carbocycles. The molecule has 136 valence electrons. The number of amides is 1. The van der Waals surface area contributed by atoms with Crippen molar-refractivity contribution >= 4 is 40.0 Å². The van der Waals surface area contributed by atoms with E-state index in [0.717, 1.165) is 11.8 Å². The highest BCUT2D eigenvalue weighted by Crippen LogP contribution is 2.38. The average molecular weight is 397 g/mol. The number of hydrogen-bond acceptors (Lipinski definition) is 5. The van der Waals surface area contributed by atoms with Gasteiger partial charge in [0.1, 0.15) is 11.8 Å². The van der Waals surface area contributed by atoms with Crippen molar-refractivity contribution in [3.8, 4) is 12.1 Å². The van der Waals surface area contributed by atoms with Gasteiger partial charge in [-0.3, -0.25) is 10.2 Å². The summed E-state index contributed by atoms with van der Waals surface area (Å²) in [5.41, 5.74) is 1.05. The van der Waals surface area contributed by atoms with E-state index >= 15 is 0 Å². The van der Waals surface area contributed by atoms with Crippen molar-refractivity contribution in [3.05, 3.63) is 65.2 Å². The minimum atomic E-state index is -1.19. The minimum absolute atomic E-state index is 0.0789. The van der Waals surface area contributed by atoms with Crippen molar-refractivity contribution in [2.45, 2.75) is 5.92 Å². The van der Waals surface area contributed by atoms with Gasteiger partial charge in [0.15, 0.2) is 0 Å². The van der Waals surface area contributed by atoms with Crippen molar-refractivity contribution in [1.29, 1.82) is 15.9 Å². The van der Waals surface area contributed by atoms with Crippen LogP contribution in [0.5, 0.6) is 0 Å². The van der Waals surface area contributed by atoms with Crippen LogP contribution in [-0.4, -0.2) is 17.2 Å². The fraction of sp³-hybridized carbons (Fsp3) is 0.200. The fourth-order valence-electron chi connectivity index (χ4n) is 2.77. The molecule has 0 spiro atoms. The van der Waals surface area contributed by atoms with Crippen LogP contribution in [0.25, 0.3) is 0 Å². The third-order valence-electron chi connectivity index (χ3n) is 4.09. The third kappa shape index (κ3) is 4.89. The van der Waals surface area contributed by atoms with Crippen LogP contribution in [0.4, 0.5) is 5.69 Å². The number of carbonyl (C=O) groups excluding carboxylic acids is 1. The first kappa shape index (κ1) is 20.5. The summed E-state index contributed by atoms with van der Waals surface area (Å²) in [6, 6.07) is 19.7. The molecule has 5 nitrogen and oxygen atoms in total. The summed E-state index contributed by atoms with van der Waals surface area (Å²) >= 11 is 7.41. The molecule has 2 N–H and O–H groups in total. The lowest BCUT2D eigenvalue weighted by Gasteiger charge is -2.26. The topological polar surface area (TPSA) is 101 Å². The summed E-state index contributed by atoms with van der Waals surface area (Å²) in [7, 11) is 0. The molecule has 3 atom stereocenters. The van der Waals surface area contributed by atoms with Gasteiger partial charge in [0.2, 0.25) is 5.91 Å². The summed E-state index contributed by atoms with van der Waals surface area (Å²) in [5, 5.41) is 30.7. The van der Waals surface area contributed by atoms with E-state index in [1.165, 1.54) is 0 Å². The number of thioether (sulfide) groups is 1. The second kappa shape index (κ2) is 9.78. The first-order valence-corrected chi connectivity index (χ1v) is 9.65. The van der Waals surface area contributed by atoms with Gasteiger partial charge in [-0.25, -0.2) is 0 Å². The Morgan fingerprint density at radius 1 is 1.07 bits per heavy atom. The Kier molecular flexibility index (Phi) is 7.43. The van der Waals surface area contributed by atoms with Gasteiger partial charge in [-0.2, -0.15) is 10.5 Å². The first-order valence-electron chi connectivity index (χ1n) is 8.05. The van der Waals surface area contributed by atoms with Gasteiger partial charge in [0.25, 0.3) is 0 Å². The molecule has 1 amide bonds. The Morgan fingerprint density at radius 3 is 2.22 bits per heavy atom. The van der Waals surface area contributed by atoms with Crippen molar-refractivity contribution < 1.29 is 4.79 Å². The molecule has 2 rings (SSSR count). The molecule has 1 unspecified atom stereocenters. The molecule has 0 radical (unpaired) electrons. The lowest BCUT2D eigenvalue weighted by Crippen LogP contribution is -2.33. The number of carbonyl (C=O) groups is 1. The van der Waals surface area contributed by atoms with Gasteiger partial charge in [-0.1, -0.05) is 48.0 Å². The van der Waals surface area contributed by atoms with Gasteiger partial charge < -0.3 is 5.32 Å². The monoisotopic (exact) mass is 396 g/mol. The Bertz CT molecular complexity index is 904. The van der Waals surface area contributed by atoms with E-state index in [1.807, 2.05) is 12.1 Å². The molecule has 2 aromatic rings. The molecular formula is C20H17ClN4OS. The number of halogens is 1. The molecule has 0 aromatic heterocycles. The maximum atomic E-state index is 12.8. The number of rotatable bonds is 6. The Labute approximate surface area is 167 Å². The first-order chi connectivity index (χ1) is 13.0. The molecule has 0 aliphatic carbocycles. The third-order valence-corrected chi connectivity index (χ3v) is 5.12. The zero-order valence-electron chi connectivity index (χ0n) is 14.5. The molecule has 0 fully saturated rings. The number of benzene rings is 2. The summed E-state index contributed by atoms with van der Waals surface area (Å²) in [4.78, 5) is 12.8. The molecular weight excluding hydrogens is 380 g/mol. The normalized spacial score (nSPS) is 13.5. The second-order valence-electron chi connectivity index (χ2n) is 5.68. The maximum Gasteiger partial charge on any atom is 0.242 e. The van der Waals surface area contributed by atoms with Gasteiger partial charge in [0, 0.05) is 16.6 Å². The van der Waals surface area contributed by atoms with Crippen LogP contribution in [0.15, 0.2) is 54.6 Å². The number of nitrogens with one attached hydrogen (secondary N) is 2. The Morgan fingerprint density at radius 2 is 1.67 bits per heavy atom. The highest BCUT2D eigenvalue weighted by Gasteiger charge is 2.39. The molecule has 0 saturated heterocycles. The summed E-state index contributed by atoms with van der Waals surface area (Å²) < 4.78 is 0. The maximum absolute atomic E-state index is 12.8. The van der Waals surface area contributed by atoms with Crippen LogP contribution in [0, 0.1) is 39.9 Å². The number of nitrogens with zero attached hydrogens (tertiary/aromatic N) is 2. The Hall–Kier alpha value is -2.80. The molecule has 0 aliphatic heterocycles. The number of para-hydroxylation sites is 1. The molecule has 0 aliphatic rings. The predicted molar refractivity (Wildman–Crippen MR) is 109 cm³/mol. The largest absolute Gasteiger partial charge is 0.325 e. The highest BCUT2D eigenvalue weighted by molar-refractivity contribution is 8.13. The smallest absolute Gasteiger partial charge is 0.242 e. The van der Waals surface area contributed by atoms with E-state index in [1.54, 1.807) is 54.8 Å². The van der Waals surface area contributed by atoms with Crippen molar-refractivity contribution in [2.24, 2.45) is 11.8 Å². The van der Waals surface area contributed by atoms with Crippen LogP contribution < -0.4 is 5.32 Å². The van der Waals surface area contributed by atoms with Crippen LogP contribution >= 0.6 is 23.4 Å². The fourth-order valence-corrected chi connectivity index (χ4v) is 3.48. The lowest BCUT2D eigenvalue weighted by atomic mass is 9.77. The number of anilines is 1. The average Bonchev–Trinajstić information content (AvgIpc) is 2.69. The quantitative estimate of drug-likeness (QED) is 0.546. The predicted octanol–water partition coefficient (Wildman–Crippen LogP) is 4.68. The van der Waals surface area contributed by atoms with E-state index < -0.39 is 23.7 Å². The van der Waals surface area contributed by atoms with Gasteiger partial charge >= 0.3 is 0 Å². The summed E-state index contributed by atoms with van der Waals surface area (Å²) in [5.74, 6) is -3.56. The summed E-state index contributed by atoms with van der Waals surface area (Å²) in [6.45, 7) is 0. The van der Waals surface area contributed by atoms with Crippen LogP contribution in [-0.2, 0) is 4.79 Å². The SMILES string of the molecule is CSC(=N)C(C#N)[C@H](c1ccccc1Cl)[C@H](C#N)C(=O)Nc1ccccc1. The van der Waals surface area contributed by atoms with Crippen molar-refractivity contribution in [3.63, 3.8) is 0 Å². The van der Waals surface area contributed by atoms with E-state index in [-0.39, 0.29) is 5.04 Å². The highest BCUT2D eigenvalue weighted by atomic mass is 35.5. The second-order valence-corrected chi connectivity index (χ2v) is 6.94. The molecule has 0 bridgehead atoms. The van der Waals surface area contributed by atoms with Gasteiger partial charge in [-0.15, -0.1) is 11.8 Å². The molecule has 0 heterocycles. The van der Waals surface area contributed by atoms with Crippen molar-refractivity contribution in [2.75, 3.05) is 11.6 Å². The van der Waals surface area contributed by atoms with Crippen LogP contribution in [0.2, 0.25) is 5.02 Å². The van der Waals surface area contributed by atoms with Crippen LogP contribution in [0.3, 0.4) is 0 Å². The molecule has 2 aromatic carbocycles. The van der Waals surface area contributed by atoms with E-state index in [4.69, 9.17) is 17.0 Å². The van der Waals surface area contributed by atoms with Gasteiger partial charge in [-0.05, 0) is 30.0 Å². The number of hydrogen-bond donors (Lipinski definition) is 2.